The molecule has 0 amide bonds. The first-order valence-corrected chi connectivity index (χ1v) is 8.74. The van der Waals surface area contributed by atoms with Gasteiger partial charge in [0.1, 0.15) is 12.4 Å². The Balaban J connectivity index is 1.71. The van der Waals surface area contributed by atoms with Gasteiger partial charge in [0.25, 0.3) is 0 Å². The van der Waals surface area contributed by atoms with Gasteiger partial charge in [0.15, 0.2) is 11.5 Å². The Morgan fingerprint density at radius 3 is 2.27 bits per heavy atom. The van der Waals surface area contributed by atoms with E-state index in [-0.39, 0.29) is 6.10 Å². The summed E-state index contributed by atoms with van der Waals surface area (Å²) in [6.07, 6.45) is 1.48. The van der Waals surface area contributed by atoms with Gasteiger partial charge in [-0.15, -0.1) is 0 Å². The van der Waals surface area contributed by atoms with Crippen LogP contribution >= 0.6 is 0 Å². The van der Waals surface area contributed by atoms with E-state index in [4.69, 9.17) is 9.47 Å². The fourth-order valence-electron chi connectivity index (χ4n) is 2.72. The van der Waals surface area contributed by atoms with Crippen LogP contribution in [-0.2, 0) is 6.42 Å². The van der Waals surface area contributed by atoms with E-state index in [9.17, 15) is 4.79 Å². The van der Waals surface area contributed by atoms with Crippen LogP contribution in [0.4, 0.5) is 0 Å². The molecule has 0 fully saturated rings. The molecule has 0 aliphatic heterocycles. The lowest BCUT2D eigenvalue weighted by atomic mass is 10.1. The van der Waals surface area contributed by atoms with Crippen molar-refractivity contribution in [3.8, 4) is 11.5 Å². The topological polar surface area (TPSA) is 35.5 Å². The first-order chi connectivity index (χ1) is 12.8. The second-order valence-electron chi connectivity index (χ2n) is 6.08. The summed E-state index contributed by atoms with van der Waals surface area (Å²) in [7, 11) is 0. The van der Waals surface area contributed by atoms with Crippen LogP contribution in [0.2, 0.25) is 0 Å². The second-order valence-corrected chi connectivity index (χ2v) is 6.08. The summed E-state index contributed by atoms with van der Waals surface area (Å²) in [5.41, 5.74) is 2.85. The molecule has 0 bridgehead atoms. The van der Waals surface area contributed by atoms with Gasteiger partial charge in [-0.3, -0.25) is 4.79 Å². The van der Waals surface area contributed by atoms with Gasteiger partial charge in [-0.05, 0) is 36.2 Å². The minimum atomic E-state index is -0.144. The van der Waals surface area contributed by atoms with Crippen molar-refractivity contribution in [2.24, 2.45) is 0 Å². The molecule has 1 unspecified atom stereocenters. The molecule has 3 nitrogen and oxygen atoms in total. The molecule has 0 spiro atoms. The number of rotatable bonds is 8. The Kier molecular flexibility index (Phi) is 6.05. The molecule has 0 saturated heterocycles. The Morgan fingerprint density at radius 2 is 1.58 bits per heavy atom. The van der Waals surface area contributed by atoms with Gasteiger partial charge in [-0.1, -0.05) is 60.7 Å². The molecular weight excluding hydrogens is 324 g/mol. The minimum absolute atomic E-state index is 0.144. The van der Waals surface area contributed by atoms with Crippen molar-refractivity contribution in [3.05, 3.63) is 95.6 Å². The van der Waals surface area contributed by atoms with Gasteiger partial charge in [0.05, 0.1) is 6.61 Å². The molecule has 0 aliphatic carbocycles. The van der Waals surface area contributed by atoms with Gasteiger partial charge in [0.2, 0.25) is 0 Å². The molecule has 3 heteroatoms. The van der Waals surface area contributed by atoms with Gasteiger partial charge >= 0.3 is 0 Å². The summed E-state index contributed by atoms with van der Waals surface area (Å²) in [5, 5.41) is 0. The predicted molar refractivity (Wildman–Crippen MR) is 103 cm³/mol. The van der Waals surface area contributed by atoms with E-state index in [2.05, 4.69) is 12.1 Å². The highest BCUT2D eigenvalue weighted by atomic mass is 16.5. The lowest BCUT2D eigenvalue weighted by molar-refractivity contribution is 0.112. The van der Waals surface area contributed by atoms with Crippen LogP contribution in [0.25, 0.3) is 0 Å². The maximum Gasteiger partial charge on any atom is 0.162 e. The Hall–Kier alpha value is -3.07. The molecule has 0 aliphatic rings. The molecule has 0 heterocycles. The molecule has 26 heavy (non-hydrogen) atoms. The smallest absolute Gasteiger partial charge is 0.162 e. The predicted octanol–water partition coefficient (Wildman–Crippen LogP) is 5.26. The lowest BCUT2D eigenvalue weighted by Crippen LogP contribution is -2.07. The average molecular weight is 346 g/mol. The van der Waals surface area contributed by atoms with Gasteiger partial charge in [-0.25, -0.2) is 0 Å². The van der Waals surface area contributed by atoms with E-state index in [0.717, 1.165) is 18.3 Å². The SMILES string of the molecule is CC(Oc1cc(C=O)ccc1OCCc1ccccc1)c1ccccc1. The third-order valence-electron chi connectivity index (χ3n) is 4.17. The summed E-state index contributed by atoms with van der Waals surface area (Å²) in [4.78, 5) is 11.1. The number of carbonyl (C=O) groups is 1. The average Bonchev–Trinajstić information content (AvgIpc) is 2.70. The van der Waals surface area contributed by atoms with E-state index in [1.54, 1.807) is 18.2 Å². The number of aldehydes is 1. The van der Waals surface area contributed by atoms with Crippen LogP contribution in [0.1, 0.15) is 34.5 Å². The number of hydrogen-bond donors (Lipinski definition) is 0. The van der Waals surface area contributed by atoms with Crippen molar-refractivity contribution in [2.75, 3.05) is 6.61 Å². The molecule has 0 radical (unpaired) electrons. The lowest BCUT2D eigenvalue weighted by Gasteiger charge is -2.18. The molecule has 3 aromatic carbocycles. The standard InChI is InChI=1S/C23H22O3/c1-18(21-10-6-3-7-11-21)26-23-16-20(17-24)12-13-22(23)25-15-14-19-8-4-2-5-9-19/h2-13,16-18H,14-15H2,1H3. The number of hydrogen-bond acceptors (Lipinski definition) is 3. The molecule has 3 rings (SSSR count). The quantitative estimate of drug-likeness (QED) is 0.522. The number of benzene rings is 3. The third-order valence-corrected chi connectivity index (χ3v) is 4.17. The maximum absolute atomic E-state index is 11.1. The van der Waals surface area contributed by atoms with Crippen LogP contribution in [0.15, 0.2) is 78.9 Å². The molecule has 0 N–H and O–H groups in total. The molecule has 0 saturated carbocycles. The summed E-state index contributed by atoms with van der Waals surface area (Å²) in [6, 6.07) is 25.4. The van der Waals surface area contributed by atoms with Crippen molar-refractivity contribution in [1.82, 2.24) is 0 Å². The van der Waals surface area contributed by atoms with Crippen molar-refractivity contribution < 1.29 is 14.3 Å². The number of carbonyl (C=O) groups excluding carboxylic acids is 1. The maximum atomic E-state index is 11.1. The minimum Gasteiger partial charge on any atom is -0.489 e. The van der Waals surface area contributed by atoms with E-state index >= 15 is 0 Å². The fourth-order valence-corrected chi connectivity index (χ4v) is 2.72. The van der Waals surface area contributed by atoms with Crippen molar-refractivity contribution in [1.29, 1.82) is 0 Å². The highest BCUT2D eigenvalue weighted by Gasteiger charge is 2.12. The zero-order valence-corrected chi connectivity index (χ0v) is 14.8. The van der Waals surface area contributed by atoms with Crippen molar-refractivity contribution >= 4 is 6.29 Å². The largest absolute Gasteiger partial charge is 0.489 e. The zero-order chi connectivity index (χ0) is 18.2. The second kappa shape index (κ2) is 8.86. The summed E-state index contributed by atoms with van der Waals surface area (Å²) >= 11 is 0. The molecular formula is C23H22O3. The fraction of sp³-hybridized carbons (Fsp3) is 0.174. The molecule has 0 aromatic heterocycles. The molecule has 1 atom stereocenters. The van der Waals surface area contributed by atoms with Crippen molar-refractivity contribution in [2.45, 2.75) is 19.4 Å². The summed E-state index contributed by atoms with van der Waals surface area (Å²) in [5.74, 6) is 1.23. The first kappa shape index (κ1) is 17.7. The Bertz CT molecular complexity index is 829. The van der Waals surface area contributed by atoms with Crippen LogP contribution < -0.4 is 9.47 Å². The van der Waals surface area contributed by atoms with Crippen molar-refractivity contribution in [3.63, 3.8) is 0 Å². The molecule has 132 valence electrons. The van der Waals surface area contributed by atoms with E-state index in [1.807, 2.05) is 55.5 Å². The van der Waals surface area contributed by atoms with Gasteiger partial charge in [-0.2, -0.15) is 0 Å². The van der Waals surface area contributed by atoms with Gasteiger partial charge in [0, 0.05) is 12.0 Å². The summed E-state index contributed by atoms with van der Waals surface area (Å²) < 4.78 is 12.0. The zero-order valence-electron chi connectivity index (χ0n) is 14.8. The highest BCUT2D eigenvalue weighted by Crippen LogP contribution is 2.32. The third kappa shape index (κ3) is 4.73. The van der Waals surface area contributed by atoms with Crippen LogP contribution in [0, 0.1) is 0 Å². The Morgan fingerprint density at radius 1 is 0.885 bits per heavy atom. The van der Waals surface area contributed by atoms with E-state index < -0.39 is 0 Å². The van der Waals surface area contributed by atoms with Crippen LogP contribution in [-0.4, -0.2) is 12.9 Å². The summed E-state index contributed by atoms with van der Waals surface area (Å²) in [6.45, 7) is 2.52. The van der Waals surface area contributed by atoms with Crippen LogP contribution in [0.3, 0.4) is 0 Å². The Labute approximate surface area is 154 Å². The normalized spacial score (nSPS) is 11.6. The van der Waals surface area contributed by atoms with E-state index in [0.29, 0.717) is 23.7 Å². The molecule has 3 aromatic rings. The first-order valence-electron chi connectivity index (χ1n) is 8.74. The van der Waals surface area contributed by atoms with Gasteiger partial charge < -0.3 is 9.47 Å². The monoisotopic (exact) mass is 346 g/mol. The highest BCUT2D eigenvalue weighted by molar-refractivity contribution is 5.76. The number of ether oxygens (including phenoxy) is 2. The van der Waals surface area contributed by atoms with Crippen LogP contribution in [0.5, 0.6) is 11.5 Å². The van der Waals surface area contributed by atoms with E-state index in [1.165, 1.54) is 5.56 Å².